The van der Waals surface area contributed by atoms with Crippen LogP contribution in [0.15, 0.2) is 46.2 Å². The minimum atomic E-state index is -3.60. The molecule has 3 aromatic rings. The molecule has 8 nitrogen and oxygen atoms in total. The quantitative estimate of drug-likeness (QED) is 0.481. The van der Waals surface area contributed by atoms with Crippen LogP contribution in [0, 0.1) is 5.92 Å². The number of nitrogens with one attached hydrogen (secondary N) is 1. The van der Waals surface area contributed by atoms with Gasteiger partial charge < -0.3 is 14.8 Å². The van der Waals surface area contributed by atoms with Crippen LogP contribution in [-0.2, 0) is 14.8 Å². The van der Waals surface area contributed by atoms with E-state index >= 15 is 0 Å². The summed E-state index contributed by atoms with van der Waals surface area (Å²) in [5.41, 5.74) is 0.630. The van der Waals surface area contributed by atoms with Crippen LogP contribution in [0.2, 0.25) is 0 Å². The van der Waals surface area contributed by atoms with Gasteiger partial charge in [0, 0.05) is 23.9 Å². The summed E-state index contributed by atoms with van der Waals surface area (Å²) < 4.78 is 39.3. The number of aromatic nitrogens is 1. The number of ether oxygens (including phenoxy) is 2. The van der Waals surface area contributed by atoms with Crippen molar-refractivity contribution in [3.05, 3.63) is 36.4 Å². The Morgan fingerprint density at radius 1 is 1.12 bits per heavy atom. The summed E-state index contributed by atoms with van der Waals surface area (Å²) in [4.78, 5) is 18.5. The van der Waals surface area contributed by atoms with Crippen molar-refractivity contribution in [1.29, 1.82) is 0 Å². The molecule has 1 aliphatic heterocycles. The molecular weight excluding hydrogens is 482 g/mol. The second kappa shape index (κ2) is 9.88. The van der Waals surface area contributed by atoms with E-state index in [0.29, 0.717) is 53.0 Å². The van der Waals surface area contributed by atoms with Gasteiger partial charge in [0.05, 0.1) is 19.1 Å². The molecule has 11 heteroatoms. The zero-order valence-electron chi connectivity index (χ0n) is 18.5. The maximum absolute atomic E-state index is 13.1. The van der Waals surface area contributed by atoms with Gasteiger partial charge in [-0.25, -0.2) is 13.4 Å². The Hall–Kier alpha value is -2.34. The van der Waals surface area contributed by atoms with Gasteiger partial charge in [-0.1, -0.05) is 23.5 Å². The number of carbonyl (C=O) groups is 1. The van der Waals surface area contributed by atoms with Crippen molar-refractivity contribution in [3.8, 4) is 11.5 Å². The van der Waals surface area contributed by atoms with Crippen molar-refractivity contribution in [2.75, 3.05) is 38.9 Å². The van der Waals surface area contributed by atoms with E-state index in [2.05, 4.69) is 10.3 Å². The van der Waals surface area contributed by atoms with Crippen LogP contribution in [0.25, 0.3) is 10.2 Å². The smallest absolute Gasteiger partial charge is 0.244 e. The lowest BCUT2D eigenvalue weighted by molar-refractivity contribution is -0.120. The number of amides is 1. The molecule has 0 aliphatic carbocycles. The predicted molar refractivity (Wildman–Crippen MR) is 131 cm³/mol. The minimum absolute atomic E-state index is 0.159. The summed E-state index contributed by atoms with van der Waals surface area (Å²) in [5, 5.41) is 3.35. The van der Waals surface area contributed by atoms with Gasteiger partial charge in [-0.05, 0) is 43.4 Å². The molecule has 0 radical (unpaired) electrons. The molecule has 1 saturated heterocycles. The molecular formula is C22H25N3O5S3. The SMILES string of the molecule is COc1ccc(OC)c2sc(NC(=O)C3CCN(S(=O)(=O)c4ccccc4SC)CC3)nc12. The maximum Gasteiger partial charge on any atom is 0.244 e. The summed E-state index contributed by atoms with van der Waals surface area (Å²) in [6.45, 7) is 0.593. The number of thiazole rings is 1. The largest absolute Gasteiger partial charge is 0.495 e. The number of nitrogens with zero attached hydrogens (tertiary/aromatic N) is 2. The topological polar surface area (TPSA) is 97.8 Å². The number of carbonyl (C=O) groups excluding carboxylic acids is 1. The highest BCUT2D eigenvalue weighted by Gasteiger charge is 2.33. The van der Waals surface area contributed by atoms with Crippen molar-refractivity contribution >= 4 is 54.4 Å². The number of rotatable bonds is 7. The van der Waals surface area contributed by atoms with Crippen LogP contribution in [0.4, 0.5) is 5.13 Å². The molecule has 0 saturated carbocycles. The predicted octanol–water partition coefficient (Wildman–Crippen LogP) is 4.07. The summed E-state index contributed by atoms with van der Waals surface area (Å²) in [7, 11) is -0.453. The molecule has 1 aliphatic rings. The van der Waals surface area contributed by atoms with Crippen LogP contribution >= 0.6 is 23.1 Å². The molecule has 1 fully saturated rings. The molecule has 1 aromatic heterocycles. The van der Waals surface area contributed by atoms with E-state index in [1.54, 1.807) is 44.6 Å². The monoisotopic (exact) mass is 507 g/mol. The third kappa shape index (κ3) is 4.68. The lowest BCUT2D eigenvalue weighted by Gasteiger charge is -2.30. The Labute approximate surface area is 201 Å². The Bertz CT molecular complexity index is 1230. The van der Waals surface area contributed by atoms with Gasteiger partial charge in [0.2, 0.25) is 15.9 Å². The van der Waals surface area contributed by atoms with Gasteiger partial charge in [0.1, 0.15) is 21.7 Å². The molecule has 1 N–H and O–H groups in total. The average Bonchev–Trinajstić information content (AvgIpc) is 3.27. The molecule has 2 aromatic carbocycles. The van der Waals surface area contributed by atoms with E-state index in [9.17, 15) is 13.2 Å². The first kappa shape index (κ1) is 23.8. The lowest BCUT2D eigenvalue weighted by atomic mass is 9.97. The number of hydrogen-bond donors (Lipinski definition) is 1. The average molecular weight is 508 g/mol. The summed E-state index contributed by atoms with van der Waals surface area (Å²) >= 11 is 2.73. The summed E-state index contributed by atoms with van der Waals surface area (Å²) in [5.74, 6) is 0.816. The fourth-order valence-corrected chi connectivity index (χ4v) is 7.44. The number of hydrogen-bond acceptors (Lipinski definition) is 8. The zero-order chi connectivity index (χ0) is 23.6. The maximum atomic E-state index is 13.1. The van der Waals surface area contributed by atoms with E-state index in [0.717, 1.165) is 9.60 Å². The molecule has 2 heterocycles. The molecule has 4 rings (SSSR count). The first-order chi connectivity index (χ1) is 15.9. The Morgan fingerprint density at radius 3 is 2.45 bits per heavy atom. The molecule has 0 atom stereocenters. The number of methoxy groups -OCH3 is 2. The van der Waals surface area contributed by atoms with E-state index in [-0.39, 0.29) is 11.8 Å². The van der Waals surface area contributed by atoms with Crippen molar-refractivity contribution < 1.29 is 22.7 Å². The highest BCUT2D eigenvalue weighted by molar-refractivity contribution is 7.99. The summed E-state index contributed by atoms with van der Waals surface area (Å²) in [6, 6.07) is 10.6. The van der Waals surface area contributed by atoms with Crippen molar-refractivity contribution in [1.82, 2.24) is 9.29 Å². The highest BCUT2D eigenvalue weighted by atomic mass is 32.2. The Kier molecular flexibility index (Phi) is 7.13. The Balaban J connectivity index is 1.45. The molecule has 0 unspecified atom stereocenters. The van der Waals surface area contributed by atoms with Crippen LogP contribution in [0.5, 0.6) is 11.5 Å². The van der Waals surface area contributed by atoms with Gasteiger partial charge in [-0.3, -0.25) is 4.79 Å². The van der Waals surface area contributed by atoms with Gasteiger partial charge in [-0.2, -0.15) is 4.31 Å². The van der Waals surface area contributed by atoms with Gasteiger partial charge in [0.15, 0.2) is 5.13 Å². The number of piperidine rings is 1. The first-order valence-corrected chi connectivity index (χ1v) is 13.8. The zero-order valence-corrected chi connectivity index (χ0v) is 21.0. The lowest BCUT2D eigenvalue weighted by Crippen LogP contribution is -2.41. The van der Waals surface area contributed by atoms with Crippen molar-refractivity contribution in [3.63, 3.8) is 0 Å². The van der Waals surface area contributed by atoms with E-state index < -0.39 is 10.0 Å². The third-order valence-corrected chi connectivity index (χ3v) is 9.52. The third-order valence-electron chi connectivity index (χ3n) is 5.65. The second-order valence-electron chi connectivity index (χ2n) is 7.49. The normalized spacial score (nSPS) is 15.5. The number of anilines is 1. The van der Waals surface area contributed by atoms with Gasteiger partial charge >= 0.3 is 0 Å². The van der Waals surface area contributed by atoms with E-state index in [1.165, 1.54) is 27.4 Å². The number of sulfonamides is 1. The first-order valence-electron chi connectivity index (χ1n) is 10.3. The Morgan fingerprint density at radius 2 is 1.79 bits per heavy atom. The molecule has 33 heavy (non-hydrogen) atoms. The highest BCUT2D eigenvalue weighted by Crippen LogP contribution is 2.39. The van der Waals surface area contributed by atoms with Crippen LogP contribution in [0.3, 0.4) is 0 Å². The molecule has 176 valence electrons. The number of thioether (sulfide) groups is 1. The van der Waals surface area contributed by atoms with Crippen molar-refractivity contribution in [2.24, 2.45) is 5.92 Å². The fraction of sp³-hybridized carbons (Fsp3) is 0.364. The van der Waals surface area contributed by atoms with E-state index in [4.69, 9.17) is 9.47 Å². The van der Waals surface area contributed by atoms with Gasteiger partial charge in [-0.15, -0.1) is 11.8 Å². The van der Waals surface area contributed by atoms with Crippen LogP contribution in [0.1, 0.15) is 12.8 Å². The number of fused-ring (bicyclic) bond motifs is 1. The standard InChI is InChI=1S/C22H25N3O5S3/c1-29-15-8-9-16(30-2)20-19(15)23-22(32-20)24-21(26)14-10-12-25(13-11-14)33(27,28)18-7-5-4-6-17(18)31-3/h4-9,14H,10-13H2,1-3H3,(H,23,24,26). The molecule has 1 amide bonds. The van der Waals surface area contributed by atoms with Crippen LogP contribution in [-0.4, -0.2) is 57.2 Å². The fourth-order valence-electron chi connectivity index (χ4n) is 3.88. The second-order valence-corrected chi connectivity index (χ2v) is 11.2. The van der Waals surface area contributed by atoms with Gasteiger partial charge in [0.25, 0.3) is 0 Å². The number of benzene rings is 2. The minimum Gasteiger partial charge on any atom is -0.495 e. The van der Waals surface area contributed by atoms with Crippen LogP contribution < -0.4 is 14.8 Å². The van der Waals surface area contributed by atoms with E-state index in [1.807, 2.05) is 12.3 Å². The molecule has 0 spiro atoms. The molecule has 0 bridgehead atoms. The van der Waals surface area contributed by atoms with Crippen molar-refractivity contribution in [2.45, 2.75) is 22.6 Å². The summed E-state index contributed by atoms with van der Waals surface area (Å²) in [6.07, 6.45) is 2.76.